The molecule has 0 heterocycles. The molecule has 1 aliphatic rings. The number of rotatable bonds is 5. The van der Waals surface area contributed by atoms with Gasteiger partial charge < -0.3 is 4.74 Å². The Morgan fingerprint density at radius 1 is 1.24 bits per heavy atom. The fraction of sp³-hybridized carbons (Fsp3) is 0.632. The van der Waals surface area contributed by atoms with Crippen LogP contribution in [-0.4, -0.2) is 12.6 Å². The molecule has 1 aliphatic carbocycles. The second-order valence-electron chi connectivity index (χ2n) is 6.88. The van der Waals surface area contributed by atoms with Crippen molar-refractivity contribution in [1.29, 1.82) is 0 Å². The van der Waals surface area contributed by atoms with Crippen LogP contribution >= 0.6 is 0 Å². The molecule has 0 bridgehead atoms. The highest BCUT2D eigenvalue weighted by Gasteiger charge is 2.30. The number of hydrogen-bond donors (Lipinski definition) is 0. The van der Waals surface area contributed by atoms with Crippen molar-refractivity contribution >= 4 is 5.97 Å². The van der Waals surface area contributed by atoms with E-state index in [9.17, 15) is 4.79 Å². The molecule has 0 N–H and O–H groups in total. The van der Waals surface area contributed by atoms with Gasteiger partial charge in [-0.05, 0) is 55.1 Å². The summed E-state index contributed by atoms with van der Waals surface area (Å²) < 4.78 is 5.46. The molecule has 0 saturated heterocycles. The number of ether oxygens (including phenoxy) is 1. The lowest BCUT2D eigenvalue weighted by Gasteiger charge is -2.37. The fourth-order valence-electron chi connectivity index (χ4n) is 3.69. The summed E-state index contributed by atoms with van der Waals surface area (Å²) in [6.45, 7) is 7.54. The van der Waals surface area contributed by atoms with Crippen LogP contribution in [0.5, 0.6) is 0 Å². The van der Waals surface area contributed by atoms with Crippen LogP contribution in [0.4, 0.5) is 0 Å². The summed E-state index contributed by atoms with van der Waals surface area (Å²) in [5.74, 6) is 2.84. The number of esters is 1. The van der Waals surface area contributed by atoms with Crippen LogP contribution in [0.15, 0.2) is 30.3 Å². The zero-order chi connectivity index (χ0) is 15.2. The maximum Gasteiger partial charge on any atom is 0.338 e. The van der Waals surface area contributed by atoms with Crippen molar-refractivity contribution in [2.45, 2.75) is 46.5 Å². The van der Waals surface area contributed by atoms with E-state index in [2.05, 4.69) is 20.8 Å². The average molecular weight is 288 g/mol. The van der Waals surface area contributed by atoms with Gasteiger partial charge in [0.15, 0.2) is 0 Å². The molecule has 3 atom stereocenters. The molecule has 0 radical (unpaired) electrons. The lowest BCUT2D eigenvalue weighted by molar-refractivity contribution is 0.0422. The molecule has 3 unspecified atom stereocenters. The zero-order valence-corrected chi connectivity index (χ0v) is 13.5. The van der Waals surface area contributed by atoms with Gasteiger partial charge in [-0.1, -0.05) is 45.4 Å². The third kappa shape index (κ3) is 4.59. The first-order chi connectivity index (χ1) is 10.1. The van der Waals surface area contributed by atoms with E-state index in [1.807, 2.05) is 30.3 Å². The van der Waals surface area contributed by atoms with Gasteiger partial charge in [0, 0.05) is 0 Å². The molecular weight excluding hydrogens is 260 g/mol. The van der Waals surface area contributed by atoms with E-state index in [1.54, 1.807) is 0 Å². The molecular formula is C19H28O2. The van der Waals surface area contributed by atoms with Crippen LogP contribution < -0.4 is 0 Å². The van der Waals surface area contributed by atoms with Crippen LogP contribution in [0.2, 0.25) is 0 Å². The smallest absolute Gasteiger partial charge is 0.338 e. The number of hydrogen-bond acceptors (Lipinski definition) is 2. The molecule has 0 amide bonds. The second kappa shape index (κ2) is 7.63. The third-order valence-corrected chi connectivity index (χ3v) is 4.89. The van der Waals surface area contributed by atoms with E-state index in [1.165, 1.54) is 19.3 Å². The monoisotopic (exact) mass is 288 g/mol. The highest BCUT2D eigenvalue weighted by atomic mass is 16.5. The van der Waals surface area contributed by atoms with E-state index in [0.29, 0.717) is 18.1 Å². The number of carbonyl (C=O) groups is 1. The quantitative estimate of drug-likeness (QED) is 0.717. The van der Waals surface area contributed by atoms with Crippen LogP contribution in [-0.2, 0) is 4.74 Å². The van der Waals surface area contributed by atoms with Crippen molar-refractivity contribution in [3.8, 4) is 0 Å². The van der Waals surface area contributed by atoms with E-state index in [-0.39, 0.29) is 5.97 Å². The molecule has 2 heteroatoms. The highest BCUT2D eigenvalue weighted by Crippen LogP contribution is 2.39. The maximum absolute atomic E-state index is 11.9. The molecule has 1 fully saturated rings. The van der Waals surface area contributed by atoms with Crippen molar-refractivity contribution in [3.63, 3.8) is 0 Å². The van der Waals surface area contributed by atoms with Crippen LogP contribution in [0, 0.1) is 23.7 Å². The maximum atomic E-state index is 11.9. The minimum absolute atomic E-state index is 0.194. The van der Waals surface area contributed by atoms with E-state index < -0.39 is 0 Å². The number of benzene rings is 1. The topological polar surface area (TPSA) is 26.3 Å². The first kappa shape index (κ1) is 16.1. The third-order valence-electron chi connectivity index (χ3n) is 4.89. The first-order valence-electron chi connectivity index (χ1n) is 8.30. The van der Waals surface area contributed by atoms with Crippen LogP contribution in [0.1, 0.15) is 56.8 Å². The van der Waals surface area contributed by atoms with Crippen molar-refractivity contribution < 1.29 is 9.53 Å². The SMILES string of the molecule is CC1CCC(C(C)C)C(CCOC(=O)c2ccccc2)C1. The Labute approximate surface area is 128 Å². The molecule has 0 aromatic heterocycles. The highest BCUT2D eigenvalue weighted by molar-refractivity contribution is 5.89. The fourth-order valence-corrected chi connectivity index (χ4v) is 3.69. The van der Waals surface area contributed by atoms with Crippen molar-refractivity contribution in [1.82, 2.24) is 0 Å². The zero-order valence-electron chi connectivity index (χ0n) is 13.5. The van der Waals surface area contributed by atoms with Crippen molar-refractivity contribution in [3.05, 3.63) is 35.9 Å². The van der Waals surface area contributed by atoms with E-state index in [0.717, 1.165) is 24.2 Å². The summed E-state index contributed by atoms with van der Waals surface area (Å²) in [7, 11) is 0. The number of carbonyl (C=O) groups excluding carboxylic acids is 1. The van der Waals surface area contributed by atoms with Gasteiger partial charge in [0.25, 0.3) is 0 Å². The molecule has 0 spiro atoms. The predicted molar refractivity (Wildman–Crippen MR) is 86.2 cm³/mol. The summed E-state index contributed by atoms with van der Waals surface area (Å²) in [6, 6.07) is 9.26. The molecule has 1 saturated carbocycles. The molecule has 21 heavy (non-hydrogen) atoms. The molecule has 2 rings (SSSR count). The van der Waals surface area contributed by atoms with E-state index >= 15 is 0 Å². The average Bonchev–Trinajstić information content (AvgIpc) is 2.48. The van der Waals surface area contributed by atoms with Crippen LogP contribution in [0.3, 0.4) is 0 Å². The minimum Gasteiger partial charge on any atom is -0.462 e. The summed E-state index contributed by atoms with van der Waals surface area (Å²) >= 11 is 0. The summed E-state index contributed by atoms with van der Waals surface area (Å²) in [5, 5.41) is 0. The van der Waals surface area contributed by atoms with Crippen LogP contribution in [0.25, 0.3) is 0 Å². The van der Waals surface area contributed by atoms with Gasteiger partial charge in [0.1, 0.15) is 0 Å². The van der Waals surface area contributed by atoms with Crippen molar-refractivity contribution in [2.24, 2.45) is 23.7 Å². The summed E-state index contributed by atoms with van der Waals surface area (Å²) in [4.78, 5) is 11.9. The Morgan fingerprint density at radius 2 is 1.95 bits per heavy atom. The van der Waals surface area contributed by atoms with Gasteiger partial charge in [-0.25, -0.2) is 4.79 Å². The van der Waals surface area contributed by atoms with E-state index in [4.69, 9.17) is 4.74 Å². The summed E-state index contributed by atoms with van der Waals surface area (Å²) in [5.41, 5.74) is 0.648. The van der Waals surface area contributed by atoms with Crippen molar-refractivity contribution in [2.75, 3.05) is 6.61 Å². The Morgan fingerprint density at radius 3 is 2.62 bits per heavy atom. The standard InChI is InChI=1S/C19H28O2/c1-14(2)18-10-9-15(3)13-17(18)11-12-21-19(20)16-7-5-4-6-8-16/h4-8,14-15,17-18H,9-13H2,1-3H3. The molecule has 2 nitrogen and oxygen atoms in total. The molecule has 116 valence electrons. The lowest BCUT2D eigenvalue weighted by atomic mass is 9.69. The summed E-state index contributed by atoms with van der Waals surface area (Å²) in [6.07, 6.45) is 4.97. The van der Waals surface area contributed by atoms with Gasteiger partial charge >= 0.3 is 5.97 Å². The Bertz CT molecular complexity index is 438. The molecule has 1 aromatic carbocycles. The second-order valence-corrected chi connectivity index (χ2v) is 6.88. The van der Waals surface area contributed by atoms with Gasteiger partial charge in [0.2, 0.25) is 0 Å². The Kier molecular flexibility index (Phi) is 5.84. The Hall–Kier alpha value is -1.31. The lowest BCUT2D eigenvalue weighted by Crippen LogP contribution is -2.28. The van der Waals surface area contributed by atoms with Gasteiger partial charge in [-0.3, -0.25) is 0 Å². The molecule has 0 aliphatic heterocycles. The normalized spacial score (nSPS) is 25.8. The first-order valence-corrected chi connectivity index (χ1v) is 8.30. The van der Waals surface area contributed by atoms with Gasteiger partial charge in [-0.2, -0.15) is 0 Å². The molecule has 1 aromatic rings. The Balaban J connectivity index is 1.82. The van der Waals surface area contributed by atoms with Gasteiger partial charge in [0.05, 0.1) is 12.2 Å². The predicted octanol–water partition coefficient (Wildman–Crippen LogP) is 4.94. The minimum atomic E-state index is -0.194. The van der Waals surface area contributed by atoms with Gasteiger partial charge in [-0.15, -0.1) is 0 Å². The largest absolute Gasteiger partial charge is 0.462 e.